The van der Waals surface area contributed by atoms with E-state index in [-0.39, 0.29) is 65.2 Å². The maximum Gasteiger partial charge on any atom is 0.354 e. The Hall–Kier alpha value is -1.70. The van der Waals surface area contributed by atoms with Gasteiger partial charge in [0.25, 0.3) is 0 Å². The van der Waals surface area contributed by atoms with E-state index >= 15 is 0 Å². The molecule has 284 valence electrons. The van der Waals surface area contributed by atoms with Crippen molar-refractivity contribution >= 4 is 25.5 Å². The van der Waals surface area contributed by atoms with Crippen LogP contribution in [0.2, 0.25) is 0 Å². The maximum atomic E-state index is 13.6. The summed E-state index contributed by atoms with van der Waals surface area (Å²) in [5.41, 5.74) is -1.31. The second-order valence-corrected chi connectivity index (χ2v) is 20.6. The molecule has 9 nitrogen and oxygen atoms in total. The zero-order valence-electron chi connectivity index (χ0n) is 32.4. The van der Waals surface area contributed by atoms with E-state index < -0.39 is 36.3 Å². The summed E-state index contributed by atoms with van der Waals surface area (Å²) >= 11 is 0. The highest BCUT2D eigenvalue weighted by molar-refractivity contribution is 7.57. The molecule has 0 aliphatic heterocycles. The van der Waals surface area contributed by atoms with Gasteiger partial charge in [-0.2, -0.15) is 0 Å². The second-order valence-electron chi connectivity index (χ2n) is 18.8. The Morgan fingerprint density at radius 1 is 0.820 bits per heavy atom. The molecule has 5 rings (SSSR count). The number of hydrogen-bond acceptors (Lipinski definition) is 7. The van der Waals surface area contributed by atoms with Crippen molar-refractivity contribution in [2.75, 3.05) is 13.2 Å². The Morgan fingerprint density at radius 2 is 1.46 bits per heavy atom. The molecule has 7 unspecified atom stereocenters. The smallest absolute Gasteiger partial charge is 0.354 e. The predicted molar refractivity (Wildman–Crippen MR) is 192 cm³/mol. The van der Waals surface area contributed by atoms with Crippen LogP contribution in [0.1, 0.15) is 140 Å². The van der Waals surface area contributed by atoms with Gasteiger partial charge in [0.05, 0.1) is 30.5 Å². The first-order chi connectivity index (χ1) is 23.1. The molecule has 50 heavy (non-hydrogen) atoms. The topological polar surface area (TPSA) is 136 Å². The summed E-state index contributed by atoms with van der Waals surface area (Å²) < 4.78 is 31.1. The minimum atomic E-state index is -3.45. The quantitative estimate of drug-likeness (QED) is 0.158. The van der Waals surface area contributed by atoms with Gasteiger partial charge < -0.3 is 24.0 Å². The van der Waals surface area contributed by atoms with Crippen LogP contribution in [0.4, 0.5) is 0 Å². The van der Waals surface area contributed by atoms with Crippen molar-refractivity contribution < 1.29 is 42.9 Å². The first kappa shape index (κ1) is 39.5. The standard InChI is InChI=1S/C40H65O9P/c1-11-47-50(46,48-12-2)24-25(3)26-15-20-40(34(44)45)22-21-38(9)27(32(26)40)13-14-29-37(8)18-17-30(49-31(41)23-35(4,5)33(42)43)36(6,7)28(37)16-19-39(29,38)10/h24,26-30,32H,11-23H2,1-10H3,(H,42,43)(H,44,45)/b25-24+/t26?,27?,28?,29?,30?,32?,37-,38+,39+,40?/m0/s1. The van der Waals surface area contributed by atoms with Gasteiger partial charge in [-0.15, -0.1) is 0 Å². The van der Waals surface area contributed by atoms with Crippen LogP contribution in [0.3, 0.4) is 0 Å². The van der Waals surface area contributed by atoms with Crippen molar-refractivity contribution in [1.29, 1.82) is 0 Å². The van der Waals surface area contributed by atoms with Crippen LogP contribution in [-0.4, -0.2) is 47.4 Å². The number of allylic oxidation sites excluding steroid dienone is 1. The molecule has 2 N–H and O–H groups in total. The molecular weight excluding hydrogens is 655 g/mol. The third-order valence-corrected chi connectivity index (χ3v) is 17.8. The van der Waals surface area contributed by atoms with Crippen LogP contribution in [0.15, 0.2) is 11.4 Å². The van der Waals surface area contributed by atoms with Crippen LogP contribution in [0.25, 0.3) is 0 Å². The lowest BCUT2D eigenvalue weighted by Crippen LogP contribution is -2.67. The van der Waals surface area contributed by atoms with Crippen molar-refractivity contribution in [3.8, 4) is 0 Å². The fourth-order valence-electron chi connectivity index (χ4n) is 13.1. The summed E-state index contributed by atoms with van der Waals surface area (Å²) in [5.74, 6) is 0.550. The minimum Gasteiger partial charge on any atom is -0.481 e. The van der Waals surface area contributed by atoms with Crippen LogP contribution in [0, 0.1) is 62.1 Å². The Balaban J connectivity index is 1.45. The summed E-state index contributed by atoms with van der Waals surface area (Å²) in [4.78, 5) is 38.1. The number of esters is 1. The molecular formula is C40H65O9P. The molecule has 0 saturated heterocycles. The molecule has 10 heteroatoms. The van der Waals surface area contributed by atoms with E-state index in [0.29, 0.717) is 24.7 Å². The van der Waals surface area contributed by atoms with Crippen LogP contribution >= 0.6 is 7.60 Å². The third kappa shape index (κ3) is 6.05. The van der Waals surface area contributed by atoms with Gasteiger partial charge in [0.15, 0.2) is 0 Å². The monoisotopic (exact) mass is 720 g/mol. The van der Waals surface area contributed by atoms with Gasteiger partial charge in [-0.05, 0) is 145 Å². The first-order valence-electron chi connectivity index (χ1n) is 19.3. The normalized spacial score (nSPS) is 41.3. The average Bonchev–Trinajstić information content (AvgIpc) is 3.40. The van der Waals surface area contributed by atoms with E-state index in [9.17, 15) is 29.2 Å². The van der Waals surface area contributed by atoms with Crippen LogP contribution < -0.4 is 0 Å². The van der Waals surface area contributed by atoms with Gasteiger partial charge in [-0.25, -0.2) is 0 Å². The number of hydrogen-bond donors (Lipinski definition) is 2. The number of aliphatic carboxylic acids is 2. The Kier molecular flexibility index (Phi) is 10.5. The summed E-state index contributed by atoms with van der Waals surface area (Å²) in [5, 5.41) is 20.5. The molecule has 5 aliphatic carbocycles. The van der Waals surface area contributed by atoms with Gasteiger partial charge in [0.2, 0.25) is 0 Å². The van der Waals surface area contributed by atoms with E-state index in [2.05, 4.69) is 34.6 Å². The second kappa shape index (κ2) is 13.3. The maximum absolute atomic E-state index is 13.6. The lowest BCUT2D eigenvalue weighted by Gasteiger charge is -2.72. The molecule has 0 aromatic rings. The molecule has 5 saturated carbocycles. The van der Waals surface area contributed by atoms with Gasteiger partial charge in [-0.3, -0.25) is 18.9 Å². The fourth-order valence-corrected chi connectivity index (χ4v) is 14.7. The highest BCUT2D eigenvalue weighted by Gasteiger charge is 2.72. The molecule has 0 amide bonds. The number of rotatable bonds is 11. The Morgan fingerprint density at radius 3 is 2.04 bits per heavy atom. The zero-order chi connectivity index (χ0) is 37.3. The molecule has 10 atom stereocenters. The number of ether oxygens (including phenoxy) is 1. The van der Waals surface area contributed by atoms with Crippen molar-refractivity contribution in [3.63, 3.8) is 0 Å². The average molecular weight is 721 g/mol. The molecule has 0 heterocycles. The first-order valence-corrected chi connectivity index (χ1v) is 20.9. The van der Waals surface area contributed by atoms with Gasteiger partial charge in [0, 0.05) is 11.2 Å². The fraction of sp³-hybridized carbons (Fsp3) is 0.875. The molecule has 5 aliphatic rings. The molecule has 0 aromatic heterocycles. The predicted octanol–water partition coefficient (Wildman–Crippen LogP) is 9.74. The number of carbonyl (C=O) groups is 3. The Labute approximate surface area is 300 Å². The Bertz CT molecular complexity index is 1430. The SMILES string of the molecule is CCOP(=O)(/C=C(\C)C1CCC2(C(=O)O)CC[C@]3(C)C(CCC4[C@@]5(C)CCC(OC(=O)CC(C)(C)C(=O)O)C(C)(C)C5CC[C@]43C)C12)OCC. The number of carboxylic acid groups (broad SMARTS) is 2. The molecule has 0 spiro atoms. The van der Waals surface area contributed by atoms with Crippen molar-refractivity contribution in [1.82, 2.24) is 0 Å². The lowest BCUT2D eigenvalue weighted by atomic mass is 9.32. The molecule has 0 bridgehead atoms. The van der Waals surface area contributed by atoms with E-state index in [1.165, 1.54) is 0 Å². The summed E-state index contributed by atoms with van der Waals surface area (Å²) in [6, 6.07) is 0. The highest BCUT2D eigenvalue weighted by atomic mass is 31.2. The van der Waals surface area contributed by atoms with Crippen molar-refractivity contribution in [3.05, 3.63) is 11.4 Å². The van der Waals surface area contributed by atoms with Gasteiger partial charge in [0.1, 0.15) is 6.10 Å². The van der Waals surface area contributed by atoms with E-state index in [4.69, 9.17) is 13.8 Å². The van der Waals surface area contributed by atoms with E-state index in [0.717, 1.165) is 56.9 Å². The zero-order valence-corrected chi connectivity index (χ0v) is 33.3. The molecule has 5 fully saturated rings. The number of carbonyl (C=O) groups excluding carboxylic acids is 1. The number of carboxylic acids is 2. The summed E-state index contributed by atoms with van der Waals surface area (Å²) in [6.45, 7) is 21.3. The van der Waals surface area contributed by atoms with Gasteiger partial charge in [-0.1, -0.05) is 40.2 Å². The van der Waals surface area contributed by atoms with E-state index in [1.807, 2.05) is 20.8 Å². The van der Waals surface area contributed by atoms with Crippen molar-refractivity contribution in [2.24, 2.45) is 62.1 Å². The van der Waals surface area contributed by atoms with E-state index in [1.54, 1.807) is 19.7 Å². The largest absolute Gasteiger partial charge is 0.481 e. The third-order valence-electron chi connectivity index (χ3n) is 15.8. The highest BCUT2D eigenvalue weighted by Crippen LogP contribution is 2.78. The lowest BCUT2D eigenvalue weighted by molar-refractivity contribution is -0.250. The number of fused-ring (bicyclic) bond motifs is 7. The van der Waals surface area contributed by atoms with Crippen LogP contribution in [-0.2, 0) is 32.7 Å². The van der Waals surface area contributed by atoms with Gasteiger partial charge >= 0.3 is 25.5 Å². The molecule has 0 aromatic carbocycles. The minimum absolute atomic E-state index is 0.00667. The van der Waals surface area contributed by atoms with Crippen molar-refractivity contribution in [2.45, 2.75) is 146 Å². The van der Waals surface area contributed by atoms with Crippen LogP contribution in [0.5, 0.6) is 0 Å². The molecule has 0 radical (unpaired) electrons. The summed E-state index contributed by atoms with van der Waals surface area (Å²) in [6.07, 6.45) is 8.30. The summed E-state index contributed by atoms with van der Waals surface area (Å²) in [7, 11) is -3.45.